The Morgan fingerprint density at radius 3 is 2.40 bits per heavy atom. The van der Waals surface area contributed by atoms with E-state index in [1.165, 1.54) is 19.0 Å². The fourth-order valence-electron chi connectivity index (χ4n) is 11.3. The maximum Gasteiger partial charge on any atom is 0.333 e. The van der Waals surface area contributed by atoms with Gasteiger partial charge in [-0.3, -0.25) is 4.79 Å². The lowest BCUT2D eigenvalue weighted by Gasteiger charge is -2.63. The van der Waals surface area contributed by atoms with E-state index in [1.54, 1.807) is 17.7 Å². The van der Waals surface area contributed by atoms with Crippen molar-refractivity contribution in [3.8, 4) is 17.2 Å². The first-order chi connectivity index (χ1) is 29.7. The first-order valence-corrected chi connectivity index (χ1v) is 21.9. The number of hydrogen-bond donors (Lipinski definition) is 5. The molecule has 0 amide bonds. The van der Waals surface area contributed by atoms with Crippen molar-refractivity contribution in [2.75, 3.05) is 19.5 Å². The summed E-state index contributed by atoms with van der Waals surface area (Å²) in [5.41, 5.74) is 5.94. The number of benzene rings is 1. The van der Waals surface area contributed by atoms with E-state index in [1.807, 2.05) is 46.8 Å². The van der Waals surface area contributed by atoms with E-state index in [0.29, 0.717) is 53.0 Å². The third-order valence-electron chi connectivity index (χ3n) is 14.3. The van der Waals surface area contributed by atoms with Crippen molar-refractivity contribution < 1.29 is 58.4 Å². The van der Waals surface area contributed by atoms with Gasteiger partial charge in [0.25, 0.3) is 0 Å². The molecular formula is C47H62N4O12. The normalized spacial score (nSPS) is 35.7. The van der Waals surface area contributed by atoms with Crippen LogP contribution < -0.4 is 19.9 Å². The van der Waals surface area contributed by atoms with Gasteiger partial charge in [0.1, 0.15) is 53.6 Å². The zero-order chi connectivity index (χ0) is 45.6. The predicted octanol–water partition coefficient (Wildman–Crippen LogP) is 4.27. The number of hydrogen-bond acceptors (Lipinski definition) is 15. The molecule has 1 aromatic carbocycles. The molecule has 1 spiro atoms. The van der Waals surface area contributed by atoms with Crippen molar-refractivity contribution in [1.82, 2.24) is 14.8 Å². The molecule has 16 heteroatoms. The summed E-state index contributed by atoms with van der Waals surface area (Å²) in [4.78, 5) is 32.6. The molecule has 16 nitrogen and oxygen atoms in total. The monoisotopic (exact) mass is 874 g/mol. The van der Waals surface area contributed by atoms with Crippen LogP contribution in [0.2, 0.25) is 0 Å². The lowest BCUT2D eigenvalue weighted by atomic mass is 9.45. The number of methoxy groups -OCH3 is 1. The third kappa shape index (κ3) is 7.12. The summed E-state index contributed by atoms with van der Waals surface area (Å²) in [5, 5.41) is 47.7. The number of carbonyl (C=O) groups excluding carboxylic acids is 2. The Hall–Kier alpha value is -4.58. The third-order valence-corrected chi connectivity index (χ3v) is 14.3. The van der Waals surface area contributed by atoms with E-state index < -0.39 is 83.6 Å². The zero-order valence-corrected chi connectivity index (χ0v) is 37.6. The van der Waals surface area contributed by atoms with E-state index >= 15 is 4.79 Å². The second-order valence-electron chi connectivity index (χ2n) is 19.4. The largest absolute Gasteiger partial charge is 0.482 e. The molecule has 12 atom stereocenters. The number of carbonyl (C=O) groups is 2. The van der Waals surface area contributed by atoms with Gasteiger partial charge in [-0.2, -0.15) is 0 Å². The zero-order valence-electron chi connectivity index (χ0n) is 37.6. The van der Waals surface area contributed by atoms with Gasteiger partial charge in [-0.1, -0.05) is 29.4 Å². The second kappa shape index (κ2) is 16.1. The van der Waals surface area contributed by atoms with Gasteiger partial charge >= 0.3 is 5.97 Å². The highest BCUT2D eigenvalue weighted by molar-refractivity contribution is 5.96. The molecule has 6 N–H and O–H groups in total. The molecule has 2 saturated heterocycles. The lowest BCUT2D eigenvalue weighted by Crippen LogP contribution is -2.77. The Morgan fingerprint density at radius 1 is 1.02 bits per heavy atom. The Morgan fingerprint density at radius 2 is 1.75 bits per heavy atom. The summed E-state index contributed by atoms with van der Waals surface area (Å²) < 4.78 is 41.5. The van der Waals surface area contributed by atoms with Crippen LogP contribution in [0.1, 0.15) is 104 Å². The second-order valence-corrected chi connectivity index (χ2v) is 19.4. The van der Waals surface area contributed by atoms with E-state index in [4.69, 9.17) is 34.2 Å². The number of aliphatic hydroxyl groups is 4. The molecular weight excluding hydrogens is 813 g/mol. The molecule has 4 bridgehead atoms. The number of fused-ring (bicyclic) bond motifs is 2. The predicted molar refractivity (Wildman–Crippen MR) is 230 cm³/mol. The average Bonchev–Trinajstić information content (AvgIpc) is 3.72. The van der Waals surface area contributed by atoms with Gasteiger partial charge in [0.15, 0.2) is 17.0 Å². The topological polar surface area (TPSA) is 227 Å². The summed E-state index contributed by atoms with van der Waals surface area (Å²) in [6.07, 6.45) is 6.02. The van der Waals surface area contributed by atoms with Crippen LogP contribution >= 0.6 is 0 Å². The molecule has 7 aliphatic rings. The molecule has 3 saturated carbocycles. The van der Waals surface area contributed by atoms with Crippen molar-refractivity contribution in [3.63, 3.8) is 0 Å². The van der Waals surface area contributed by atoms with Crippen molar-refractivity contribution >= 4 is 23.8 Å². The average molecular weight is 875 g/mol. The number of esters is 1. The van der Waals surface area contributed by atoms with Gasteiger partial charge in [0.2, 0.25) is 12.2 Å². The molecule has 3 aliphatic carbocycles. The van der Waals surface area contributed by atoms with E-state index in [0.717, 1.165) is 12.0 Å². The Bertz CT molecular complexity index is 2290. The highest BCUT2D eigenvalue weighted by atomic mass is 16.7. The van der Waals surface area contributed by atoms with Gasteiger partial charge in [0.05, 0.1) is 30.9 Å². The van der Waals surface area contributed by atoms with Gasteiger partial charge in [0, 0.05) is 40.9 Å². The van der Waals surface area contributed by atoms with E-state index in [2.05, 4.69) is 36.1 Å². The minimum absolute atomic E-state index is 0.0192. The number of ether oxygens (including phenoxy) is 6. The quantitative estimate of drug-likeness (QED) is 0.114. The minimum Gasteiger partial charge on any atom is -0.482 e. The smallest absolute Gasteiger partial charge is 0.333 e. The summed E-state index contributed by atoms with van der Waals surface area (Å²) in [7, 11) is 1.31. The maximum absolute atomic E-state index is 15.5. The highest BCUT2D eigenvalue weighted by Crippen LogP contribution is 2.72. The first kappa shape index (κ1) is 45.0. The molecule has 2 aromatic rings. The van der Waals surface area contributed by atoms with Gasteiger partial charge in [-0.15, -0.1) is 5.10 Å². The van der Waals surface area contributed by atoms with E-state index in [9.17, 15) is 25.2 Å². The van der Waals surface area contributed by atoms with Crippen LogP contribution in [0.3, 0.4) is 0 Å². The van der Waals surface area contributed by atoms with Crippen LogP contribution in [0.25, 0.3) is 6.08 Å². The number of rotatable bonds is 12. The van der Waals surface area contributed by atoms with Gasteiger partial charge < -0.3 is 54.6 Å². The lowest BCUT2D eigenvalue weighted by molar-refractivity contribution is -0.277. The first-order valence-electron chi connectivity index (χ1n) is 21.9. The number of nitrogens with two attached hydrogens (primary N) is 1. The molecule has 7 unspecified atom stereocenters. The summed E-state index contributed by atoms with van der Waals surface area (Å²) >= 11 is 0. The van der Waals surface area contributed by atoms with Crippen LogP contribution in [0.4, 0.5) is 5.95 Å². The van der Waals surface area contributed by atoms with Crippen LogP contribution in [-0.4, -0.2) is 114 Å². The van der Waals surface area contributed by atoms with Crippen molar-refractivity contribution in [2.45, 2.75) is 153 Å². The number of allylic oxidation sites excluding steroid dienone is 4. The van der Waals surface area contributed by atoms with Crippen molar-refractivity contribution in [3.05, 3.63) is 64.0 Å². The number of aliphatic hydroxyl groups excluding tert-OH is 4. The maximum atomic E-state index is 15.5. The Kier molecular flexibility index (Phi) is 11.5. The number of aromatic nitrogens is 3. The highest BCUT2D eigenvalue weighted by Gasteiger charge is 2.84. The minimum atomic E-state index is -1.72. The fourth-order valence-corrected chi connectivity index (χ4v) is 11.3. The van der Waals surface area contributed by atoms with Crippen LogP contribution in [0.15, 0.2) is 47.4 Å². The summed E-state index contributed by atoms with van der Waals surface area (Å²) in [6, 6.07) is -0.606. The molecule has 63 heavy (non-hydrogen) atoms. The van der Waals surface area contributed by atoms with Crippen molar-refractivity contribution in [1.29, 1.82) is 0 Å². The number of ketones is 1. The van der Waals surface area contributed by atoms with Crippen LogP contribution in [0, 0.1) is 17.8 Å². The van der Waals surface area contributed by atoms with Crippen LogP contribution in [-0.2, 0) is 36.6 Å². The number of Topliss-reactive ketones (excluding diaryl/α,β-unsaturated/α-hetero) is 1. The van der Waals surface area contributed by atoms with Crippen molar-refractivity contribution in [2.24, 2.45) is 17.8 Å². The molecule has 0 radical (unpaired) electrons. The summed E-state index contributed by atoms with van der Waals surface area (Å²) in [5.74, 6) is -1.04. The number of nitrogens with zero attached hydrogens (tertiary/aromatic N) is 3. The molecule has 342 valence electrons. The number of anilines is 1. The fraction of sp³-hybridized carbons (Fsp3) is 0.617. The Labute approximate surface area is 367 Å². The molecule has 5 fully saturated rings. The Balaban J connectivity index is 1.40. The van der Waals surface area contributed by atoms with Gasteiger partial charge in [-0.25, -0.2) is 14.5 Å². The number of nitrogen functional groups attached to an aromatic ring is 1. The summed E-state index contributed by atoms with van der Waals surface area (Å²) in [6.45, 7) is 15.1. The molecule has 4 aliphatic heterocycles. The van der Waals surface area contributed by atoms with E-state index in [-0.39, 0.29) is 36.2 Å². The van der Waals surface area contributed by atoms with Crippen LogP contribution in [0.5, 0.6) is 17.2 Å². The standard InChI is InChI=1S/C47H62N4O12/c1-23(2)11-10-16-45(8)17-15-27-37(60-42-36(55)35(54)34(53)31(21-52)59-42)29-19-30-33(51-22-49-43(48)50-51)28-20-32-44(6,7)63-46(40(28)56,18-14-25(5)41(57)58-9)47(30,32)62-39(29)26(38(27)61-45)13-12-24(3)4/h11-12,14-15,17,22,28,30-36,42,52-55H,10,13,16,18-21H2,1-9H3,(H2,48,50)/b25-14-/t28?,30?,31-,32?,33?,34-,35+,36-,42+,45?,46?,47?/m1/s1. The SMILES string of the molecule is COC(=O)/C(C)=C\CC12OC(C)(C)C3CC(C1=O)C(n1cnc(N)n1)C1Cc4c(O[C@@H]5O[C@H](CO)[C@@H](O)[C@H](O)[C@H]5O)c5c(c(CC=C(C)C)c4OC132)OC(C)(CCC=C(C)C)C=C5. The molecule has 1 aromatic heterocycles. The molecule has 5 heterocycles. The van der Waals surface area contributed by atoms with Gasteiger partial charge in [-0.05, 0) is 99.6 Å². The molecule has 9 rings (SSSR count).